The normalized spacial score (nSPS) is 11.9. The molecule has 1 atom stereocenters. The second-order valence-electron chi connectivity index (χ2n) is 6.15. The average molecular weight is 476 g/mol. The molecule has 3 rings (SSSR count). The number of benzene rings is 2. The minimum absolute atomic E-state index is 0.0213. The first-order valence-corrected chi connectivity index (χ1v) is 11.2. The summed E-state index contributed by atoms with van der Waals surface area (Å²) >= 11 is 6.87. The Balaban J connectivity index is 1.93. The van der Waals surface area contributed by atoms with Crippen molar-refractivity contribution in [2.24, 2.45) is 0 Å². The lowest BCUT2D eigenvalue weighted by Gasteiger charge is -2.16. The standard InChI is InChI=1S/C21H18BrNO3S2/c1-2-17-12-18(22)21(27-17)28-20(13-19(24)14-7-4-3-5-8-14)15-9-6-10-16(11-15)23(25)26/h3-12,20H,2,13H2,1H3. The molecule has 144 valence electrons. The van der Waals surface area contributed by atoms with E-state index in [2.05, 4.69) is 28.9 Å². The van der Waals surface area contributed by atoms with Gasteiger partial charge < -0.3 is 0 Å². The van der Waals surface area contributed by atoms with Crippen molar-refractivity contribution in [2.45, 2.75) is 29.2 Å². The van der Waals surface area contributed by atoms with Gasteiger partial charge in [-0.1, -0.05) is 49.4 Å². The Labute approximate surface area is 180 Å². The van der Waals surface area contributed by atoms with Gasteiger partial charge in [0.25, 0.3) is 5.69 Å². The van der Waals surface area contributed by atoms with E-state index in [1.807, 2.05) is 24.3 Å². The monoisotopic (exact) mass is 475 g/mol. The SMILES string of the molecule is CCc1cc(Br)c(SC(CC(=O)c2ccccc2)c2cccc([N+](=O)[O-])c2)s1. The number of carbonyl (C=O) groups is 1. The van der Waals surface area contributed by atoms with Crippen LogP contribution in [0.1, 0.15) is 39.4 Å². The van der Waals surface area contributed by atoms with Gasteiger partial charge in [-0.15, -0.1) is 23.1 Å². The van der Waals surface area contributed by atoms with Crippen LogP contribution in [0, 0.1) is 10.1 Å². The van der Waals surface area contributed by atoms with Crippen LogP contribution in [-0.4, -0.2) is 10.7 Å². The summed E-state index contributed by atoms with van der Waals surface area (Å²) in [6.07, 6.45) is 1.20. The molecule has 0 bridgehead atoms. The maximum absolute atomic E-state index is 12.8. The number of thiophene rings is 1. The zero-order chi connectivity index (χ0) is 20.1. The molecule has 0 fully saturated rings. The van der Waals surface area contributed by atoms with Crippen LogP contribution < -0.4 is 0 Å². The summed E-state index contributed by atoms with van der Waals surface area (Å²) in [6, 6.07) is 17.8. The quantitative estimate of drug-likeness (QED) is 0.151. The van der Waals surface area contributed by atoms with Gasteiger partial charge >= 0.3 is 0 Å². The Morgan fingerprint density at radius 3 is 2.57 bits per heavy atom. The molecule has 0 amide bonds. The van der Waals surface area contributed by atoms with E-state index in [9.17, 15) is 14.9 Å². The highest BCUT2D eigenvalue weighted by atomic mass is 79.9. The number of ketones is 1. The molecule has 4 nitrogen and oxygen atoms in total. The number of non-ortho nitro benzene ring substituents is 1. The highest BCUT2D eigenvalue weighted by Gasteiger charge is 2.22. The molecule has 0 spiro atoms. The Kier molecular flexibility index (Phi) is 7.04. The predicted molar refractivity (Wildman–Crippen MR) is 118 cm³/mol. The number of hydrogen-bond donors (Lipinski definition) is 0. The summed E-state index contributed by atoms with van der Waals surface area (Å²) in [5.74, 6) is 0.0213. The van der Waals surface area contributed by atoms with Crippen LogP contribution in [0.25, 0.3) is 0 Å². The van der Waals surface area contributed by atoms with E-state index in [0.29, 0.717) is 5.56 Å². The molecule has 0 aliphatic carbocycles. The van der Waals surface area contributed by atoms with E-state index >= 15 is 0 Å². The van der Waals surface area contributed by atoms with Crippen molar-refractivity contribution in [2.75, 3.05) is 0 Å². The number of nitro groups is 1. The van der Waals surface area contributed by atoms with Gasteiger partial charge in [-0.25, -0.2) is 0 Å². The molecule has 1 aromatic heterocycles. The van der Waals surface area contributed by atoms with Gasteiger partial charge in [0.15, 0.2) is 5.78 Å². The zero-order valence-corrected chi connectivity index (χ0v) is 18.4. The van der Waals surface area contributed by atoms with E-state index in [1.165, 1.54) is 10.9 Å². The summed E-state index contributed by atoms with van der Waals surface area (Å²) in [7, 11) is 0. The lowest BCUT2D eigenvalue weighted by molar-refractivity contribution is -0.384. The second kappa shape index (κ2) is 9.49. The van der Waals surface area contributed by atoms with Crippen LogP contribution in [0.5, 0.6) is 0 Å². The lowest BCUT2D eigenvalue weighted by Crippen LogP contribution is -2.05. The summed E-state index contributed by atoms with van der Waals surface area (Å²) < 4.78 is 2.08. The van der Waals surface area contributed by atoms with Crippen molar-refractivity contribution in [3.63, 3.8) is 0 Å². The summed E-state index contributed by atoms with van der Waals surface area (Å²) in [6.45, 7) is 2.10. The first kappa shape index (κ1) is 20.8. The molecule has 28 heavy (non-hydrogen) atoms. The number of rotatable bonds is 8. The van der Waals surface area contributed by atoms with Crippen LogP contribution in [0.3, 0.4) is 0 Å². The van der Waals surface area contributed by atoms with Crippen molar-refractivity contribution in [3.8, 4) is 0 Å². The molecule has 0 N–H and O–H groups in total. The Hall–Kier alpha value is -1.96. The fraction of sp³-hybridized carbons (Fsp3) is 0.190. The molecule has 0 aliphatic rings. The van der Waals surface area contributed by atoms with E-state index in [-0.39, 0.29) is 23.1 Å². The van der Waals surface area contributed by atoms with Crippen LogP contribution in [0.4, 0.5) is 5.69 Å². The number of Topliss-reactive ketones (excluding diaryl/α,β-unsaturated/α-hetero) is 1. The molecule has 0 radical (unpaired) electrons. The minimum Gasteiger partial charge on any atom is -0.294 e. The van der Waals surface area contributed by atoms with E-state index in [0.717, 1.165) is 20.7 Å². The van der Waals surface area contributed by atoms with Gasteiger partial charge in [0.05, 0.1) is 9.13 Å². The summed E-state index contributed by atoms with van der Waals surface area (Å²) in [4.78, 5) is 24.9. The molecule has 7 heteroatoms. The maximum Gasteiger partial charge on any atom is 0.269 e. The number of carbonyl (C=O) groups excluding carboxylic acids is 1. The molecule has 0 aliphatic heterocycles. The van der Waals surface area contributed by atoms with Gasteiger partial charge in [-0.05, 0) is 34.0 Å². The highest BCUT2D eigenvalue weighted by Crippen LogP contribution is 2.46. The maximum atomic E-state index is 12.8. The molecular weight excluding hydrogens is 458 g/mol. The van der Waals surface area contributed by atoms with E-state index in [1.54, 1.807) is 47.4 Å². The molecule has 1 unspecified atom stereocenters. The van der Waals surface area contributed by atoms with Crippen LogP contribution >= 0.6 is 39.0 Å². The number of halogens is 1. The molecular formula is C21H18BrNO3S2. The van der Waals surface area contributed by atoms with E-state index < -0.39 is 4.92 Å². The topological polar surface area (TPSA) is 60.2 Å². The third kappa shape index (κ3) is 5.10. The van der Waals surface area contributed by atoms with Crippen LogP contribution in [0.15, 0.2) is 69.3 Å². The molecule has 2 aromatic carbocycles. The van der Waals surface area contributed by atoms with Crippen LogP contribution in [0.2, 0.25) is 0 Å². The Bertz CT molecular complexity index is 988. The van der Waals surface area contributed by atoms with Crippen molar-refractivity contribution in [1.82, 2.24) is 0 Å². The minimum atomic E-state index is -0.402. The number of nitrogens with zero attached hydrogens (tertiary/aromatic N) is 1. The van der Waals surface area contributed by atoms with Gasteiger partial charge in [-0.3, -0.25) is 14.9 Å². The van der Waals surface area contributed by atoms with Gasteiger partial charge in [0.2, 0.25) is 0 Å². The fourth-order valence-electron chi connectivity index (χ4n) is 2.76. The Morgan fingerprint density at radius 1 is 1.18 bits per heavy atom. The fourth-order valence-corrected chi connectivity index (χ4v) is 6.23. The number of hydrogen-bond acceptors (Lipinski definition) is 5. The third-order valence-corrected chi connectivity index (χ3v) is 8.14. The first-order valence-electron chi connectivity index (χ1n) is 8.75. The predicted octanol–water partition coefficient (Wildman–Crippen LogP) is 7.09. The van der Waals surface area contributed by atoms with E-state index in [4.69, 9.17) is 0 Å². The van der Waals surface area contributed by atoms with Gasteiger partial charge in [-0.2, -0.15) is 0 Å². The zero-order valence-electron chi connectivity index (χ0n) is 15.1. The molecule has 1 heterocycles. The van der Waals surface area contributed by atoms with Gasteiger partial charge in [0.1, 0.15) is 0 Å². The van der Waals surface area contributed by atoms with Crippen molar-refractivity contribution in [1.29, 1.82) is 0 Å². The molecule has 3 aromatic rings. The molecule has 0 saturated carbocycles. The number of aryl methyl sites for hydroxylation is 1. The smallest absolute Gasteiger partial charge is 0.269 e. The highest BCUT2D eigenvalue weighted by molar-refractivity contribution is 9.10. The average Bonchev–Trinajstić information content (AvgIpc) is 3.07. The first-order chi connectivity index (χ1) is 13.5. The van der Waals surface area contributed by atoms with Crippen molar-refractivity contribution < 1.29 is 9.72 Å². The Morgan fingerprint density at radius 2 is 1.93 bits per heavy atom. The van der Waals surface area contributed by atoms with Crippen LogP contribution in [-0.2, 0) is 6.42 Å². The lowest BCUT2D eigenvalue weighted by atomic mass is 10.0. The number of thioether (sulfide) groups is 1. The molecule has 0 saturated heterocycles. The summed E-state index contributed by atoms with van der Waals surface area (Å²) in [5, 5.41) is 11.0. The van der Waals surface area contributed by atoms with Gasteiger partial charge in [0, 0.05) is 38.7 Å². The number of nitro benzene ring substituents is 1. The van der Waals surface area contributed by atoms with Crippen molar-refractivity contribution >= 4 is 50.5 Å². The summed E-state index contributed by atoms with van der Waals surface area (Å²) in [5.41, 5.74) is 1.47. The van der Waals surface area contributed by atoms with Crippen molar-refractivity contribution in [3.05, 3.63) is 91.3 Å². The largest absolute Gasteiger partial charge is 0.294 e. The third-order valence-electron chi connectivity index (χ3n) is 4.22. The second-order valence-corrected chi connectivity index (χ2v) is 9.62.